The lowest BCUT2D eigenvalue weighted by atomic mass is 10.0. The topological polar surface area (TPSA) is 66.5 Å². The van der Waals surface area contributed by atoms with E-state index in [1.807, 2.05) is 36.4 Å². The number of pyridine rings is 1. The summed E-state index contributed by atoms with van der Waals surface area (Å²) in [5, 5.41) is 6.44. The van der Waals surface area contributed by atoms with Crippen LogP contribution in [0.5, 0.6) is 5.75 Å². The summed E-state index contributed by atoms with van der Waals surface area (Å²) < 4.78 is 5.19. The summed E-state index contributed by atoms with van der Waals surface area (Å²) in [6, 6.07) is 21.7. The number of carbonyl (C=O) groups is 1. The predicted octanol–water partition coefficient (Wildman–Crippen LogP) is 3.49. The molecule has 0 radical (unpaired) electrons. The minimum atomic E-state index is -0.195. The van der Waals surface area contributed by atoms with E-state index in [9.17, 15) is 4.79 Å². The fourth-order valence-electron chi connectivity index (χ4n) is 3.48. The lowest BCUT2D eigenvalue weighted by Crippen LogP contribution is -2.46. The summed E-state index contributed by atoms with van der Waals surface area (Å²) in [5.74, 6) is 1.38. The van der Waals surface area contributed by atoms with Crippen LogP contribution in [0.2, 0.25) is 0 Å². The molecule has 1 aliphatic rings. The molecule has 0 bridgehead atoms. The number of piperazine rings is 1. The van der Waals surface area contributed by atoms with Gasteiger partial charge in [-0.2, -0.15) is 0 Å². The van der Waals surface area contributed by atoms with Crippen LogP contribution >= 0.6 is 0 Å². The number of hydrogen-bond acceptors (Lipinski definition) is 5. The van der Waals surface area contributed by atoms with Crippen molar-refractivity contribution in [1.82, 2.24) is 10.3 Å². The van der Waals surface area contributed by atoms with Gasteiger partial charge in [0.15, 0.2) is 0 Å². The third-order valence-corrected chi connectivity index (χ3v) is 5.04. The minimum Gasteiger partial charge on any atom is -0.497 e. The summed E-state index contributed by atoms with van der Waals surface area (Å²) in [7, 11) is 1.60. The molecular weight excluding hydrogens is 364 g/mol. The van der Waals surface area contributed by atoms with Crippen LogP contribution in [0.25, 0.3) is 0 Å². The Kier molecular flexibility index (Phi) is 5.72. The van der Waals surface area contributed by atoms with Gasteiger partial charge in [-0.15, -0.1) is 0 Å². The molecule has 0 spiro atoms. The standard InChI is InChI=1S/C23H24N4O2/c1-29-20-9-5-8-19(14-20)26-23(28)18-10-11-22(25-15-18)27-13-12-24-21(16-27)17-6-3-2-4-7-17/h2-11,14-15,21,24H,12-13,16H2,1H3,(H,26,28)/t21-/m1/s1. The van der Waals surface area contributed by atoms with Crippen LogP contribution in [-0.2, 0) is 0 Å². The van der Waals surface area contributed by atoms with E-state index >= 15 is 0 Å². The average molecular weight is 388 g/mol. The maximum Gasteiger partial charge on any atom is 0.257 e. The van der Waals surface area contributed by atoms with Crippen molar-refractivity contribution in [2.45, 2.75) is 6.04 Å². The van der Waals surface area contributed by atoms with Crippen molar-refractivity contribution in [3.63, 3.8) is 0 Å². The minimum absolute atomic E-state index is 0.195. The molecule has 0 saturated carbocycles. The Bertz CT molecular complexity index is 960. The van der Waals surface area contributed by atoms with Gasteiger partial charge in [-0.1, -0.05) is 36.4 Å². The van der Waals surface area contributed by atoms with Crippen LogP contribution in [0.3, 0.4) is 0 Å². The molecule has 1 amide bonds. The zero-order chi connectivity index (χ0) is 20.1. The number of aromatic nitrogens is 1. The molecule has 1 atom stereocenters. The fraction of sp³-hybridized carbons (Fsp3) is 0.217. The zero-order valence-electron chi connectivity index (χ0n) is 16.3. The smallest absolute Gasteiger partial charge is 0.257 e. The van der Waals surface area contributed by atoms with Gasteiger partial charge < -0.3 is 20.3 Å². The van der Waals surface area contributed by atoms with Gasteiger partial charge >= 0.3 is 0 Å². The van der Waals surface area contributed by atoms with Crippen molar-refractivity contribution in [3.8, 4) is 5.75 Å². The summed E-state index contributed by atoms with van der Waals surface area (Å²) in [4.78, 5) is 19.3. The third-order valence-electron chi connectivity index (χ3n) is 5.04. The van der Waals surface area contributed by atoms with Crippen molar-refractivity contribution in [2.75, 3.05) is 37.0 Å². The van der Waals surface area contributed by atoms with Crippen molar-refractivity contribution in [1.29, 1.82) is 0 Å². The Morgan fingerprint density at radius 2 is 2.00 bits per heavy atom. The van der Waals surface area contributed by atoms with Crippen molar-refractivity contribution < 1.29 is 9.53 Å². The maximum atomic E-state index is 12.5. The van der Waals surface area contributed by atoms with E-state index in [0.29, 0.717) is 17.0 Å². The highest BCUT2D eigenvalue weighted by molar-refractivity contribution is 6.04. The molecular formula is C23H24N4O2. The number of rotatable bonds is 5. The van der Waals surface area contributed by atoms with Gasteiger partial charge in [0.05, 0.1) is 12.7 Å². The maximum absolute atomic E-state index is 12.5. The number of nitrogens with one attached hydrogen (secondary N) is 2. The summed E-state index contributed by atoms with van der Waals surface area (Å²) in [6.45, 7) is 2.61. The summed E-state index contributed by atoms with van der Waals surface area (Å²) in [6.07, 6.45) is 1.63. The van der Waals surface area contributed by atoms with Crippen molar-refractivity contribution >= 4 is 17.4 Å². The molecule has 2 N–H and O–H groups in total. The van der Waals surface area contributed by atoms with E-state index in [2.05, 4.69) is 44.8 Å². The number of ether oxygens (including phenoxy) is 1. The van der Waals surface area contributed by atoms with E-state index in [0.717, 1.165) is 25.5 Å². The molecule has 1 aromatic heterocycles. The molecule has 6 nitrogen and oxygen atoms in total. The van der Waals surface area contributed by atoms with E-state index in [-0.39, 0.29) is 11.9 Å². The first-order valence-corrected chi connectivity index (χ1v) is 9.67. The van der Waals surface area contributed by atoms with Crippen LogP contribution in [0.4, 0.5) is 11.5 Å². The number of nitrogens with zero attached hydrogens (tertiary/aromatic N) is 2. The second-order valence-electron chi connectivity index (χ2n) is 6.95. The number of methoxy groups -OCH3 is 1. The molecule has 1 aliphatic heterocycles. The molecule has 4 rings (SSSR count). The Morgan fingerprint density at radius 3 is 2.76 bits per heavy atom. The lowest BCUT2D eigenvalue weighted by molar-refractivity contribution is 0.102. The van der Waals surface area contributed by atoms with E-state index in [4.69, 9.17) is 4.74 Å². The Balaban J connectivity index is 1.42. The van der Waals surface area contributed by atoms with Gasteiger partial charge in [0.1, 0.15) is 11.6 Å². The SMILES string of the molecule is COc1cccc(NC(=O)c2ccc(N3CCN[C@@H](c4ccccc4)C3)nc2)c1. The molecule has 6 heteroatoms. The molecule has 2 heterocycles. The van der Waals surface area contributed by atoms with E-state index in [1.54, 1.807) is 19.4 Å². The normalized spacial score (nSPS) is 16.3. The quantitative estimate of drug-likeness (QED) is 0.700. The summed E-state index contributed by atoms with van der Waals surface area (Å²) in [5.41, 5.74) is 2.48. The highest BCUT2D eigenvalue weighted by Gasteiger charge is 2.21. The monoisotopic (exact) mass is 388 g/mol. The molecule has 2 aromatic carbocycles. The predicted molar refractivity (Wildman–Crippen MR) is 115 cm³/mol. The fourth-order valence-corrected chi connectivity index (χ4v) is 3.48. The van der Waals surface area contributed by atoms with Gasteiger partial charge in [0.2, 0.25) is 0 Å². The lowest BCUT2D eigenvalue weighted by Gasteiger charge is -2.34. The Hall–Kier alpha value is -3.38. The third kappa shape index (κ3) is 4.55. The molecule has 148 valence electrons. The highest BCUT2D eigenvalue weighted by Crippen LogP contribution is 2.22. The van der Waals surface area contributed by atoms with Gasteiger partial charge in [-0.05, 0) is 29.8 Å². The first-order valence-electron chi connectivity index (χ1n) is 9.67. The van der Waals surface area contributed by atoms with Crippen LogP contribution in [0.1, 0.15) is 22.0 Å². The second-order valence-corrected chi connectivity index (χ2v) is 6.95. The number of carbonyl (C=O) groups excluding carboxylic acids is 1. The van der Waals surface area contributed by atoms with Crippen molar-refractivity contribution in [2.24, 2.45) is 0 Å². The number of benzene rings is 2. The van der Waals surface area contributed by atoms with Crippen LogP contribution in [0, 0.1) is 0 Å². The zero-order valence-corrected chi connectivity index (χ0v) is 16.3. The van der Waals surface area contributed by atoms with Gasteiger partial charge in [-0.25, -0.2) is 4.98 Å². The molecule has 29 heavy (non-hydrogen) atoms. The van der Waals surface area contributed by atoms with Crippen LogP contribution in [-0.4, -0.2) is 37.6 Å². The van der Waals surface area contributed by atoms with Gasteiger partial charge in [0.25, 0.3) is 5.91 Å². The van der Waals surface area contributed by atoms with E-state index < -0.39 is 0 Å². The molecule has 1 saturated heterocycles. The molecule has 0 unspecified atom stereocenters. The average Bonchev–Trinajstić information content (AvgIpc) is 2.80. The molecule has 1 fully saturated rings. The largest absolute Gasteiger partial charge is 0.497 e. The Morgan fingerprint density at radius 1 is 1.14 bits per heavy atom. The highest BCUT2D eigenvalue weighted by atomic mass is 16.5. The molecule has 3 aromatic rings. The first kappa shape index (κ1) is 19.0. The van der Waals surface area contributed by atoms with Crippen LogP contribution < -0.4 is 20.3 Å². The van der Waals surface area contributed by atoms with Gasteiger partial charge in [0, 0.05) is 43.6 Å². The number of hydrogen-bond donors (Lipinski definition) is 2. The second kappa shape index (κ2) is 8.75. The number of amides is 1. The van der Waals surface area contributed by atoms with E-state index in [1.165, 1.54) is 5.56 Å². The van der Waals surface area contributed by atoms with Crippen LogP contribution in [0.15, 0.2) is 72.9 Å². The Labute approximate surface area is 170 Å². The number of anilines is 2. The van der Waals surface area contributed by atoms with Crippen molar-refractivity contribution in [3.05, 3.63) is 84.1 Å². The summed E-state index contributed by atoms with van der Waals surface area (Å²) >= 11 is 0. The molecule has 0 aliphatic carbocycles. The first-order chi connectivity index (χ1) is 14.2. The van der Waals surface area contributed by atoms with Gasteiger partial charge in [-0.3, -0.25) is 4.79 Å².